The van der Waals surface area contributed by atoms with Gasteiger partial charge in [-0.2, -0.15) is 13.2 Å². The zero-order valence-corrected chi connectivity index (χ0v) is 17.7. The van der Waals surface area contributed by atoms with Crippen LogP contribution in [0.25, 0.3) is 11.1 Å². The van der Waals surface area contributed by atoms with Crippen molar-refractivity contribution in [2.24, 2.45) is 0 Å². The number of ether oxygens (including phenoxy) is 2. The summed E-state index contributed by atoms with van der Waals surface area (Å²) in [6.45, 7) is 1.88. The number of halogens is 4. The summed E-state index contributed by atoms with van der Waals surface area (Å²) in [6, 6.07) is 15.3. The molecule has 4 nitrogen and oxygen atoms in total. The summed E-state index contributed by atoms with van der Waals surface area (Å²) in [5.74, 6) is -0.984. The number of carbonyl (C=O) groups is 2. The largest absolute Gasteiger partial charge is 0.466 e. The highest BCUT2D eigenvalue weighted by molar-refractivity contribution is 6.30. The predicted octanol–water partition coefficient (Wildman–Crippen LogP) is 6.35. The van der Waals surface area contributed by atoms with Gasteiger partial charge in [-0.3, -0.25) is 4.79 Å². The molecule has 0 radical (unpaired) electrons. The third-order valence-electron chi connectivity index (χ3n) is 4.46. The van der Waals surface area contributed by atoms with Crippen LogP contribution in [-0.2, 0) is 22.1 Å². The first kappa shape index (κ1) is 23.3. The standard InChI is InChI=1S/C24H18ClF3O4/c1-2-31-22(29)13-15-11-18(16-3-7-19(8-4-16)24(26,27)28)14-21(12-15)32-23(30)17-5-9-20(25)10-6-17/h3-12,14H,2,13H2,1H3. The van der Waals surface area contributed by atoms with Crippen LogP contribution in [-0.4, -0.2) is 18.5 Å². The van der Waals surface area contributed by atoms with Gasteiger partial charge < -0.3 is 9.47 Å². The number of benzene rings is 3. The summed E-state index contributed by atoms with van der Waals surface area (Å²) in [5.41, 5.74) is 0.922. The van der Waals surface area contributed by atoms with Crippen LogP contribution in [0.15, 0.2) is 66.7 Å². The normalized spacial score (nSPS) is 11.2. The molecule has 0 amide bonds. The van der Waals surface area contributed by atoms with E-state index in [2.05, 4.69) is 0 Å². The smallest absolute Gasteiger partial charge is 0.416 e. The van der Waals surface area contributed by atoms with Crippen LogP contribution < -0.4 is 4.74 Å². The van der Waals surface area contributed by atoms with E-state index in [4.69, 9.17) is 21.1 Å². The average molecular weight is 463 g/mol. The van der Waals surface area contributed by atoms with Crippen molar-refractivity contribution < 1.29 is 32.2 Å². The van der Waals surface area contributed by atoms with Gasteiger partial charge in [0, 0.05) is 5.02 Å². The van der Waals surface area contributed by atoms with Gasteiger partial charge in [-0.15, -0.1) is 0 Å². The van der Waals surface area contributed by atoms with E-state index in [9.17, 15) is 22.8 Å². The number of hydrogen-bond donors (Lipinski definition) is 0. The quantitative estimate of drug-likeness (QED) is 0.316. The molecule has 3 aromatic carbocycles. The molecular weight excluding hydrogens is 445 g/mol. The SMILES string of the molecule is CCOC(=O)Cc1cc(OC(=O)c2ccc(Cl)cc2)cc(-c2ccc(C(F)(F)F)cc2)c1. The lowest BCUT2D eigenvalue weighted by Gasteiger charge is -2.12. The number of alkyl halides is 3. The van der Waals surface area contributed by atoms with Crippen molar-refractivity contribution in [1.29, 1.82) is 0 Å². The molecule has 0 aromatic heterocycles. The highest BCUT2D eigenvalue weighted by atomic mass is 35.5. The van der Waals surface area contributed by atoms with Gasteiger partial charge >= 0.3 is 18.1 Å². The fourth-order valence-electron chi connectivity index (χ4n) is 2.97. The molecule has 0 N–H and O–H groups in total. The van der Waals surface area contributed by atoms with Gasteiger partial charge in [0.05, 0.1) is 24.2 Å². The number of hydrogen-bond acceptors (Lipinski definition) is 4. The van der Waals surface area contributed by atoms with E-state index in [0.717, 1.165) is 12.1 Å². The summed E-state index contributed by atoms with van der Waals surface area (Å²) in [7, 11) is 0. The molecule has 0 atom stereocenters. The van der Waals surface area contributed by atoms with Gasteiger partial charge in [0.2, 0.25) is 0 Å². The van der Waals surface area contributed by atoms with Crippen LogP contribution in [0.2, 0.25) is 5.02 Å². The molecule has 3 rings (SSSR count). The Labute approximate surface area is 187 Å². The van der Waals surface area contributed by atoms with Crippen LogP contribution in [0.1, 0.15) is 28.4 Å². The van der Waals surface area contributed by atoms with Crippen molar-refractivity contribution in [1.82, 2.24) is 0 Å². The zero-order chi connectivity index (χ0) is 23.3. The van der Waals surface area contributed by atoms with E-state index in [0.29, 0.717) is 21.7 Å². The van der Waals surface area contributed by atoms with Gasteiger partial charge in [0.15, 0.2) is 0 Å². The monoisotopic (exact) mass is 462 g/mol. The van der Waals surface area contributed by atoms with E-state index >= 15 is 0 Å². The van der Waals surface area contributed by atoms with Crippen molar-refractivity contribution in [2.45, 2.75) is 19.5 Å². The second-order valence-corrected chi connectivity index (χ2v) is 7.26. The molecule has 3 aromatic rings. The molecule has 32 heavy (non-hydrogen) atoms. The molecule has 0 saturated carbocycles. The Balaban J connectivity index is 1.94. The van der Waals surface area contributed by atoms with Gasteiger partial charge in [0.25, 0.3) is 0 Å². The van der Waals surface area contributed by atoms with Crippen molar-refractivity contribution in [3.8, 4) is 16.9 Å². The molecule has 0 heterocycles. The van der Waals surface area contributed by atoms with Crippen LogP contribution in [0, 0.1) is 0 Å². The predicted molar refractivity (Wildman–Crippen MR) is 114 cm³/mol. The highest BCUT2D eigenvalue weighted by Crippen LogP contribution is 2.32. The van der Waals surface area contributed by atoms with Crippen molar-refractivity contribution >= 4 is 23.5 Å². The molecule has 0 fully saturated rings. The summed E-state index contributed by atoms with van der Waals surface area (Å²) in [4.78, 5) is 24.4. The maximum Gasteiger partial charge on any atom is 0.416 e. The Morgan fingerprint density at radius 2 is 1.56 bits per heavy atom. The van der Waals surface area contributed by atoms with E-state index in [1.54, 1.807) is 25.1 Å². The molecule has 166 valence electrons. The van der Waals surface area contributed by atoms with E-state index < -0.39 is 23.7 Å². The summed E-state index contributed by atoms with van der Waals surface area (Å²) < 4.78 is 49.0. The first-order valence-electron chi connectivity index (χ1n) is 9.60. The molecule has 0 aliphatic rings. The fraction of sp³-hybridized carbons (Fsp3) is 0.167. The minimum absolute atomic E-state index is 0.0895. The third-order valence-corrected chi connectivity index (χ3v) is 4.71. The Kier molecular flexibility index (Phi) is 7.20. The van der Waals surface area contributed by atoms with Crippen LogP contribution >= 0.6 is 11.6 Å². The van der Waals surface area contributed by atoms with Gasteiger partial charge in [-0.05, 0) is 72.1 Å². The molecular formula is C24H18ClF3O4. The number of rotatable bonds is 6. The fourth-order valence-corrected chi connectivity index (χ4v) is 3.10. The third kappa shape index (κ3) is 6.11. The minimum atomic E-state index is -4.45. The summed E-state index contributed by atoms with van der Waals surface area (Å²) >= 11 is 5.83. The maximum absolute atomic E-state index is 12.9. The van der Waals surface area contributed by atoms with Gasteiger partial charge in [-0.1, -0.05) is 29.8 Å². The van der Waals surface area contributed by atoms with Crippen molar-refractivity contribution in [2.75, 3.05) is 6.61 Å². The van der Waals surface area contributed by atoms with Crippen molar-refractivity contribution in [3.05, 3.63) is 88.4 Å². The van der Waals surface area contributed by atoms with E-state index in [-0.39, 0.29) is 24.3 Å². The first-order chi connectivity index (χ1) is 15.2. The Morgan fingerprint density at radius 3 is 2.16 bits per heavy atom. The lowest BCUT2D eigenvalue weighted by Crippen LogP contribution is -2.10. The zero-order valence-electron chi connectivity index (χ0n) is 16.9. The maximum atomic E-state index is 12.9. The Hall–Kier alpha value is -3.32. The van der Waals surface area contributed by atoms with Gasteiger partial charge in [-0.25, -0.2) is 4.79 Å². The number of carbonyl (C=O) groups excluding carboxylic acids is 2. The second-order valence-electron chi connectivity index (χ2n) is 6.82. The molecule has 0 spiro atoms. The van der Waals surface area contributed by atoms with Gasteiger partial charge in [0.1, 0.15) is 5.75 Å². The molecule has 8 heteroatoms. The topological polar surface area (TPSA) is 52.6 Å². The van der Waals surface area contributed by atoms with Crippen LogP contribution in [0.3, 0.4) is 0 Å². The summed E-state index contributed by atoms with van der Waals surface area (Å²) in [5, 5.41) is 0.461. The average Bonchev–Trinajstić information content (AvgIpc) is 2.73. The summed E-state index contributed by atoms with van der Waals surface area (Å²) in [6.07, 6.45) is -4.54. The van der Waals surface area contributed by atoms with E-state index in [1.165, 1.54) is 36.4 Å². The molecule has 0 saturated heterocycles. The van der Waals surface area contributed by atoms with Crippen LogP contribution in [0.5, 0.6) is 5.75 Å². The first-order valence-corrected chi connectivity index (χ1v) is 9.98. The Morgan fingerprint density at radius 1 is 0.906 bits per heavy atom. The second kappa shape index (κ2) is 9.87. The minimum Gasteiger partial charge on any atom is -0.466 e. The van der Waals surface area contributed by atoms with Crippen LogP contribution in [0.4, 0.5) is 13.2 Å². The molecule has 0 bridgehead atoms. The molecule has 0 unspecified atom stereocenters. The van der Waals surface area contributed by atoms with E-state index in [1.807, 2.05) is 0 Å². The lowest BCUT2D eigenvalue weighted by atomic mass is 10.00. The number of esters is 2. The lowest BCUT2D eigenvalue weighted by molar-refractivity contribution is -0.142. The van der Waals surface area contributed by atoms with Crippen molar-refractivity contribution in [3.63, 3.8) is 0 Å². The Bertz CT molecular complexity index is 1110. The highest BCUT2D eigenvalue weighted by Gasteiger charge is 2.30. The molecule has 0 aliphatic heterocycles. The molecule has 0 aliphatic carbocycles.